The summed E-state index contributed by atoms with van der Waals surface area (Å²) < 4.78 is 5.47. The van der Waals surface area contributed by atoms with Crippen molar-refractivity contribution in [2.45, 2.75) is 341 Å². The van der Waals surface area contributed by atoms with Gasteiger partial charge in [0.05, 0.1) is 25.4 Å². The van der Waals surface area contributed by atoms with Crippen molar-refractivity contribution in [1.82, 2.24) is 5.32 Å². The van der Waals surface area contributed by atoms with Crippen molar-refractivity contribution in [2.75, 3.05) is 13.2 Å². The van der Waals surface area contributed by atoms with Crippen molar-refractivity contribution in [1.29, 1.82) is 0 Å². The molecule has 0 aliphatic carbocycles. The minimum absolute atomic E-state index is 0.000941. The van der Waals surface area contributed by atoms with Crippen LogP contribution in [0.25, 0.3) is 0 Å². The molecule has 0 bridgehead atoms. The molecule has 67 heavy (non-hydrogen) atoms. The van der Waals surface area contributed by atoms with E-state index in [0.717, 1.165) is 51.4 Å². The first-order valence-electron chi connectivity index (χ1n) is 30.1. The molecule has 1 amide bonds. The van der Waals surface area contributed by atoms with Gasteiger partial charge in [0.25, 0.3) is 0 Å². The number of hydrogen-bond acceptors (Lipinski definition) is 5. The fourth-order valence-electron chi connectivity index (χ4n) is 9.36. The molecule has 0 fully saturated rings. The number of unbranched alkanes of at least 4 members (excludes halogenated alkanes) is 41. The van der Waals surface area contributed by atoms with Gasteiger partial charge in [0.2, 0.25) is 5.91 Å². The van der Waals surface area contributed by atoms with Gasteiger partial charge in [0.15, 0.2) is 0 Å². The van der Waals surface area contributed by atoms with Gasteiger partial charge in [-0.3, -0.25) is 9.59 Å². The van der Waals surface area contributed by atoms with Gasteiger partial charge in [-0.15, -0.1) is 0 Å². The topological polar surface area (TPSA) is 95.9 Å². The van der Waals surface area contributed by atoms with Crippen LogP contribution in [-0.4, -0.2) is 47.4 Å². The van der Waals surface area contributed by atoms with Gasteiger partial charge in [0.1, 0.15) is 0 Å². The van der Waals surface area contributed by atoms with E-state index < -0.39 is 12.1 Å². The van der Waals surface area contributed by atoms with Crippen molar-refractivity contribution in [3.63, 3.8) is 0 Å². The Balaban J connectivity index is 3.35. The second-order valence-electron chi connectivity index (χ2n) is 20.7. The van der Waals surface area contributed by atoms with E-state index >= 15 is 0 Å². The minimum Gasteiger partial charge on any atom is -0.466 e. The standard InChI is InChI=1S/C61H117NO5/c1-3-5-7-9-11-13-15-17-31-35-39-43-47-51-55-61(66)67-56-52-48-44-40-36-32-29-27-25-23-21-19-18-20-22-24-26-28-30-34-38-42-46-50-54-60(65)62-58(57-63)59(64)53-49-45-41-37-33-16-14-12-10-8-6-4-2/h9,11,15,17,58-59,63-64H,3-8,10,12-14,16,18-57H2,1-2H3,(H,62,65)/b11-9-,17-15-. The van der Waals surface area contributed by atoms with Gasteiger partial charge >= 0.3 is 5.97 Å². The first-order chi connectivity index (χ1) is 33.0. The third-order valence-electron chi connectivity index (χ3n) is 14.0. The summed E-state index contributed by atoms with van der Waals surface area (Å²) in [6.45, 7) is 4.91. The van der Waals surface area contributed by atoms with Gasteiger partial charge < -0.3 is 20.3 Å². The summed E-state index contributed by atoms with van der Waals surface area (Å²) in [6.07, 6.45) is 69.0. The van der Waals surface area contributed by atoms with Crippen LogP contribution in [0, 0.1) is 0 Å². The van der Waals surface area contributed by atoms with Gasteiger partial charge in [0, 0.05) is 12.8 Å². The molecular formula is C61H117NO5. The van der Waals surface area contributed by atoms with Gasteiger partial charge in [-0.1, -0.05) is 289 Å². The van der Waals surface area contributed by atoms with Gasteiger partial charge in [-0.05, 0) is 51.4 Å². The van der Waals surface area contributed by atoms with Crippen molar-refractivity contribution < 1.29 is 24.5 Å². The monoisotopic (exact) mass is 944 g/mol. The largest absolute Gasteiger partial charge is 0.466 e. The first kappa shape index (κ1) is 65.3. The Morgan fingerprint density at radius 2 is 0.761 bits per heavy atom. The average molecular weight is 945 g/mol. The number of allylic oxidation sites excluding steroid dienone is 4. The maximum atomic E-state index is 12.5. The highest BCUT2D eigenvalue weighted by Crippen LogP contribution is 2.18. The fraction of sp³-hybridized carbons (Fsp3) is 0.902. The minimum atomic E-state index is -0.662. The molecule has 6 heteroatoms. The van der Waals surface area contributed by atoms with Crippen molar-refractivity contribution in [2.24, 2.45) is 0 Å². The van der Waals surface area contributed by atoms with Crippen LogP contribution in [0.4, 0.5) is 0 Å². The number of esters is 1. The number of carbonyl (C=O) groups is 2. The Hall–Kier alpha value is -1.66. The number of aliphatic hydroxyl groups excluding tert-OH is 2. The SMILES string of the molecule is CCCC/C=C\C/C=C\CCCCCCCC(=O)OCCCCCCCCCCCCCCCCCCCCCCCCCCC(=O)NC(CO)C(O)CCCCCCCCCCCCCC. The van der Waals surface area contributed by atoms with Crippen LogP contribution in [0.1, 0.15) is 328 Å². The number of nitrogens with one attached hydrogen (secondary N) is 1. The van der Waals surface area contributed by atoms with E-state index in [2.05, 4.69) is 43.5 Å². The molecule has 0 radical (unpaired) electrons. The second-order valence-corrected chi connectivity index (χ2v) is 20.7. The molecular weight excluding hydrogens is 827 g/mol. The zero-order valence-corrected chi connectivity index (χ0v) is 45.1. The maximum absolute atomic E-state index is 12.5. The third kappa shape index (κ3) is 53.5. The lowest BCUT2D eigenvalue weighted by molar-refractivity contribution is -0.143. The molecule has 2 unspecified atom stereocenters. The number of amides is 1. The van der Waals surface area contributed by atoms with E-state index in [0.29, 0.717) is 25.9 Å². The average Bonchev–Trinajstić information content (AvgIpc) is 3.33. The molecule has 2 atom stereocenters. The van der Waals surface area contributed by atoms with Crippen molar-refractivity contribution in [3.05, 3.63) is 24.3 Å². The molecule has 0 aromatic rings. The Labute approximate surface area is 418 Å². The summed E-state index contributed by atoms with van der Waals surface area (Å²) in [5, 5.41) is 23.2. The van der Waals surface area contributed by atoms with Crippen LogP contribution in [-0.2, 0) is 14.3 Å². The number of rotatable bonds is 56. The molecule has 0 aromatic carbocycles. The van der Waals surface area contributed by atoms with Crippen LogP contribution in [0.2, 0.25) is 0 Å². The van der Waals surface area contributed by atoms with Gasteiger partial charge in [-0.2, -0.15) is 0 Å². The molecule has 0 spiro atoms. The molecule has 396 valence electrons. The summed E-state index contributed by atoms with van der Waals surface area (Å²) >= 11 is 0. The van der Waals surface area contributed by atoms with Crippen LogP contribution < -0.4 is 5.32 Å². The molecule has 0 aliphatic rings. The summed E-state index contributed by atoms with van der Waals surface area (Å²) in [7, 11) is 0. The number of ether oxygens (including phenoxy) is 1. The highest BCUT2D eigenvalue weighted by atomic mass is 16.5. The second kappa shape index (κ2) is 56.9. The highest BCUT2D eigenvalue weighted by molar-refractivity contribution is 5.76. The van der Waals surface area contributed by atoms with Crippen LogP contribution in [0.15, 0.2) is 24.3 Å². The summed E-state index contributed by atoms with van der Waals surface area (Å²) in [4.78, 5) is 24.5. The Morgan fingerprint density at radius 1 is 0.418 bits per heavy atom. The van der Waals surface area contributed by atoms with E-state index in [1.54, 1.807) is 0 Å². The smallest absolute Gasteiger partial charge is 0.305 e. The van der Waals surface area contributed by atoms with Crippen molar-refractivity contribution in [3.8, 4) is 0 Å². The normalized spacial score (nSPS) is 12.7. The third-order valence-corrected chi connectivity index (χ3v) is 14.0. The van der Waals surface area contributed by atoms with Crippen LogP contribution >= 0.6 is 0 Å². The number of carbonyl (C=O) groups excluding carboxylic acids is 2. The molecule has 0 saturated heterocycles. The summed E-state index contributed by atoms with van der Waals surface area (Å²) in [6, 6.07) is -0.539. The number of hydrogen-bond donors (Lipinski definition) is 3. The summed E-state index contributed by atoms with van der Waals surface area (Å²) in [5.74, 6) is -0.0325. The molecule has 0 heterocycles. The lowest BCUT2D eigenvalue weighted by Gasteiger charge is -2.22. The molecule has 6 nitrogen and oxygen atoms in total. The van der Waals surface area contributed by atoms with Crippen LogP contribution in [0.3, 0.4) is 0 Å². The Kier molecular flexibility index (Phi) is 55.5. The molecule has 0 saturated carbocycles. The predicted molar refractivity (Wildman–Crippen MR) is 292 cm³/mol. The van der Waals surface area contributed by atoms with E-state index in [1.165, 1.54) is 244 Å². The van der Waals surface area contributed by atoms with Crippen LogP contribution in [0.5, 0.6) is 0 Å². The van der Waals surface area contributed by atoms with E-state index in [-0.39, 0.29) is 18.5 Å². The van der Waals surface area contributed by atoms with Crippen molar-refractivity contribution >= 4 is 11.9 Å². The van der Waals surface area contributed by atoms with E-state index in [1.807, 2.05) is 0 Å². The number of aliphatic hydroxyl groups is 2. The van der Waals surface area contributed by atoms with Gasteiger partial charge in [-0.25, -0.2) is 0 Å². The van der Waals surface area contributed by atoms with E-state index in [9.17, 15) is 19.8 Å². The molecule has 0 aliphatic heterocycles. The predicted octanol–water partition coefficient (Wildman–Crippen LogP) is 18.6. The zero-order valence-electron chi connectivity index (χ0n) is 45.1. The zero-order chi connectivity index (χ0) is 48.6. The molecule has 3 N–H and O–H groups in total. The molecule has 0 aromatic heterocycles. The van der Waals surface area contributed by atoms with E-state index in [4.69, 9.17) is 4.74 Å². The lowest BCUT2D eigenvalue weighted by Crippen LogP contribution is -2.45. The molecule has 0 rings (SSSR count). The Bertz CT molecular complexity index is 1040. The highest BCUT2D eigenvalue weighted by Gasteiger charge is 2.20. The maximum Gasteiger partial charge on any atom is 0.305 e. The first-order valence-corrected chi connectivity index (χ1v) is 30.1. The summed E-state index contributed by atoms with van der Waals surface area (Å²) in [5.41, 5.74) is 0. The lowest BCUT2D eigenvalue weighted by atomic mass is 10.0. The quantitative estimate of drug-likeness (QED) is 0.0321. The fourth-order valence-corrected chi connectivity index (χ4v) is 9.36. The Morgan fingerprint density at radius 3 is 1.18 bits per heavy atom.